The standard InChI is InChI=1S/C12H18N4O2/c1-2-15-12(17)11-8-18-6-5-16(11)10-3-4-14-7-9(10)13/h3-4,7,11H,2,5-6,8,13H2,1H3,(H,15,17). The molecule has 18 heavy (non-hydrogen) atoms. The first-order valence-corrected chi connectivity index (χ1v) is 6.05. The van der Waals surface area contributed by atoms with E-state index in [-0.39, 0.29) is 11.9 Å². The Kier molecular flexibility index (Phi) is 3.99. The van der Waals surface area contributed by atoms with Gasteiger partial charge in [0, 0.05) is 19.3 Å². The van der Waals surface area contributed by atoms with E-state index in [4.69, 9.17) is 10.5 Å². The molecule has 2 rings (SSSR count). The number of morpholine rings is 1. The number of likely N-dealkylation sites (N-methyl/N-ethyl adjacent to an activating group) is 1. The molecule has 1 saturated heterocycles. The Labute approximate surface area is 106 Å². The van der Waals surface area contributed by atoms with Gasteiger partial charge in [-0.3, -0.25) is 9.78 Å². The topological polar surface area (TPSA) is 80.5 Å². The van der Waals surface area contributed by atoms with Crippen LogP contribution in [0.2, 0.25) is 0 Å². The lowest BCUT2D eigenvalue weighted by atomic mass is 10.1. The van der Waals surface area contributed by atoms with Gasteiger partial charge in [0.2, 0.25) is 5.91 Å². The molecule has 0 spiro atoms. The third kappa shape index (κ3) is 2.53. The number of nitrogen functional groups attached to an aromatic ring is 1. The van der Waals surface area contributed by atoms with Gasteiger partial charge >= 0.3 is 0 Å². The molecule has 0 bridgehead atoms. The summed E-state index contributed by atoms with van der Waals surface area (Å²) in [6, 6.07) is 1.50. The van der Waals surface area contributed by atoms with Crippen LogP contribution in [0, 0.1) is 0 Å². The van der Waals surface area contributed by atoms with E-state index in [1.165, 1.54) is 0 Å². The van der Waals surface area contributed by atoms with E-state index in [9.17, 15) is 4.79 Å². The molecule has 2 heterocycles. The van der Waals surface area contributed by atoms with Crippen LogP contribution >= 0.6 is 0 Å². The van der Waals surface area contributed by atoms with E-state index in [0.29, 0.717) is 32.0 Å². The third-order valence-corrected chi connectivity index (χ3v) is 2.92. The third-order valence-electron chi connectivity index (χ3n) is 2.92. The van der Waals surface area contributed by atoms with E-state index in [0.717, 1.165) is 5.69 Å². The molecule has 1 atom stereocenters. The van der Waals surface area contributed by atoms with Crippen LogP contribution in [0.4, 0.5) is 11.4 Å². The SMILES string of the molecule is CCNC(=O)C1COCCN1c1ccncc1N. The summed E-state index contributed by atoms with van der Waals surface area (Å²) in [6.07, 6.45) is 3.27. The Morgan fingerprint density at radius 3 is 3.28 bits per heavy atom. The van der Waals surface area contributed by atoms with Gasteiger partial charge in [-0.25, -0.2) is 0 Å². The van der Waals surface area contributed by atoms with Gasteiger partial charge < -0.3 is 20.7 Å². The number of rotatable bonds is 3. The van der Waals surface area contributed by atoms with Crippen LogP contribution in [0.25, 0.3) is 0 Å². The first-order chi connectivity index (χ1) is 8.74. The van der Waals surface area contributed by atoms with Crippen LogP contribution in [-0.4, -0.2) is 43.2 Å². The molecular weight excluding hydrogens is 232 g/mol. The first kappa shape index (κ1) is 12.6. The quantitative estimate of drug-likeness (QED) is 0.789. The highest BCUT2D eigenvalue weighted by Crippen LogP contribution is 2.25. The van der Waals surface area contributed by atoms with Crippen molar-refractivity contribution in [2.75, 3.05) is 36.9 Å². The smallest absolute Gasteiger partial charge is 0.245 e. The minimum Gasteiger partial charge on any atom is -0.396 e. The van der Waals surface area contributed by atoms with E-state index in [1.54, 1.807) is 12.4 Å². The van der Waals surface area contributed by atoms with Crippen molar-refractivity contribution in [1.82, 2.24) is 10.3 Å². The van der Waals surface area contributed by atoms with Crippen molar-refractivity contribution in [3.8, 4) is 0 Å². The van der Waals surface area contributed by atoms with Crippen molar-refractivity contribution in [2.45, 2.75) is 13.0 Å². The molecule has 1 amide bonds. The largest absolute Gasteiger partial charge is 0.396 e. The Bertz CT molecular complexity index is 424. The molecule has 1 aliphatic heterocycles. The van der Waals surface area contributed by atoms with Gasteiger partial charge in [0.05, 0.1) is 30.8 Å². The Morgan fingerprint density at radius 2 is 2.56 bits per heavy atom. The minimum atomic E-state index is -0.330. The number of nitrogens with one attached hydrogen (secondary N) is 1. The average molecular weight is 250 g/mol. The minimum absolute atomic E-state index is 0.0339. The number of hydrogen-bond donors (Lipinski definition) is 2. The van der Waals surface area contributed by atoms with E-state index in [1.807, 2.05) is 17.9 Å². The lowest BCUT2D eigenvalue weighted by Crippen LogP contribution is -2.54. The predicted octanol–water partition coefficient (Wildman–Crippen LogP) is 0.00510. The summed E-state index contributed by atoms with van der Waals surface area (Å²) in [5.41, 5.74) is 7.33. The summed E-state index contributed by atoms with van der Waals surface area (Å²) in [5.74, 6) is -0.0339. The average Bonchev–Trinajstić information content (AvgIpc) is 2.40. The number of aromatic nitrogens is 1. The summed E-state index contributed by atoms with van der Waals surface area (Å²) >= 11 is 0. The molecule has 1 aromatic heterocycles. The molecule has 3 N–H and O–H groups in total. The van der Waals surface area contributed by atoms with Crippen molar-refractivity contribution >= 4 is 17.3 Å². The van der Waals surface area contributed by atoms with Gasteiger partial charge in [-0.15, -0.1) is 0 Å². The maximum Gasteiger partial charge on any atom is 0.245 e. The van der Waals surface area contributed by atoms with Crippen molar-refractivity contribution in [2.24, 2.45) is 0 Å². The Balaban J connectivity index is 2.23. The van der Waals surface area contributed by atoms with Crippen molar-refractivity contribution in [3.63, 3.8) is 0 Å². The highest BCUT2D eigenvalue weighted by molar-refractivity contribution is 5.87. The molecule has 1 aliphatic rings. The monoisotopic (exact) mass is 250 g/mol. The van der Waals surface area contributed by atoms with Gasteiger partial charge in [0.25, 0.3) is 0 Å². The first-order valence-electron chi connectivity index (χ1n) is 6.05. The summed E-state index contributed by atoms with van der Waals surface area (Å²) in [6.45, 7) is 4.13. The maximum absolute atomic E-state index is 12.0. The van der Waals surface area contributed by atoms with Crippen LogP contribution in [0.5, 0.6) is 0 Å². The fourth-order valence-electron chi connectivity index (χ4n) is 2.06. The number of amides is 1. The van der Waals surface area contributed by atoms with E-state index < -0.39 is 0 Å². The van der Waals surface area contributed by atoms with Crippen molar-refractivity contribution in [3.05, 3.63) is 18.5 Å². The van der Waals surface area contributed by atoms with Crippen LogP contribution in [0.3, 0.4) is 0 Å². The summed E-state index contributed by atoms with van der Waals surface area (Å²) in [7, 11) is 0. The number of nitrogens with two attached hydrogens (primary N) is 1. The number of anilines is 2. The second-order valence-corrected chi connectivity index (χ2v) is 4.11. The van der Waals surface area contributed by atoms with E-state index in [2.05, 4.69) is 10.3 Å². The number of ether oxygens (including phenoxy) is 1. The predicted molar refractivity (Wildman–Crippen MR) is 69.3 cm³/mol. The molecule has 1 aromatic rings. The highest BCUT2D eigenvalue weighted by Gasteiger charge is 2.30. The zero-order valence-corrected chi connectivity index (χ0v) is 10.4. The molecule has 0 radical (unpaired) electrons. The molecule has 0 saturated carbocycles. The molecule has 6 nitrogen and oxygen atoms in total. The van der Waals surface area contributed by atoms with Gasteiger partial charge in [0.15, 0.2) is 0 Å². The summed E-state index contributed by atoms with van der Waals surface area (Å²) < 4.78 is 5.38. The van der Waals surface area contributed by atoms with Crippen molar-refractivity contribution < 1.29 is 9.53 Å². The molecule has 1 unspecified atom stereocenters. The number of carbonyl (C=O) groups is 1. The Hall–Kier alpha value is -1.82. The van der Waals surface area contributed by atoms with E-state index >= 15 is 0 Å². The van der Waals surface area contributed by atoms with Gasteiger partial charge in [-0.1, -0.05) is 0 Å². The number of carbonyl (C=O) groups excluding carboxylic acids is 1. The molecule has 6 heteroatoms. The van der Waals surface area contributed by atoms with Gasteiger partial charge in [0.1, 0.15) is 6.04 Å². The second kappa shape index (κ2) is 5.68. The number of pyridine rings is 1. The molecule has 0 aromatic carbocycles. The lowest BCUT2D eigenvalue weighted by Gasteiger charge is -2.36. The zero-order valence-electron chi connectivity index (χ0n) is 10.4. The summed E-state index contributed by atoms with van der Waals surface area (Å²) in [5, 5.41) is 2.82. The van der Waals surface area contributed by atoms with Crippen LogP contribution in [-0.2, 0) is 9.53 Å². The molecule has 0 aliphatic carbocycles. The molecular formula is C12H18N4O2. The maximum atomic E-state index is 12.0. The zero-order chi connectivity index (χ0) is 13.0. The van der Waals surface area contributed by atoms with Crippen molar-refractivity contribution in [1.29, 1.82) is 0 Å². The van der Waals surface area contributed by atoms with Crippen LogP contribution in [0.1, 0.15) is 6.92 Å². The van der Waals surface area contributed by atoms with Gasteiger partial charge in [-0.2, -0.15) is 0 Å². The molecule has 98 valence electrons. The normalized spacial score (nSPS) is 19.6. The van der Waals surface area contributed by atoms with Gasteiger partial charge in [-0.05, 0) is 13.0 Å². The number of hydrogen-bond acceptors (Lipinski definition) is 5. The summed E-state index contributed by atoms with van der Waals surface area (Å²) in [4.78, 5) is 17.9. The van der Waals surface area contributed by atoms with Crippen LogP contribution in [0.15, 0.2) is 18.5 Å². The molecule has 1 fully saturated rings. The fraction of sp³-hybridized carbons (Fsp3) is 0.500. The highest BCUT2D eigenvalue weighted by atomic mass is 16.5. The number of nitrogens with zero attached hydrogens (tertiary/aromatic N) is 2. The fourth-order valence-corrected chi connectivity index (χ4v) is 2.06. The lowest BCUT2D eigenvalue weighted by molar-refractivity contribution is -0.124. The second-order valence-electron chi connectivity index (χ2n) is 4.11. The Morgan fingerprint density at radius 1 is 1.72 bits per heavy atom. The van der Waals surface area contributed by atoms with Crippen LogP contribution < -0.4 is 16.0 Å².